The zero-order chi connectivity index (χ0) is 33.1. The first-order chi connectivity index (χ1) is 25.3. The quantitative estimate of drug-likeness (QED) is 0.171. The minimum atomic E-state index is -0.416. The summed E-state index contributed by atoms with van der Waals surface area (Å²) in [5.41, 5.74) is 16.2. The third-order valence-electron chi connectivity index (χ3n) is 14.5. The van der Waals surface area contributed by atoms with Crippen LogP contribution < -0.4 is 4.74 Å². The summed E-state index contributed by atoms with van der Waals surface area (Å²) in [6, 6.07) is 55.6. The van der Waals surface area contributed by atoms with Crippen molar-refractivity contribution in [2.75, 3.05) is 0 Å². The van der Waals surface area contributed by atoms with Crippen LogP contribution in [0.1, 0.15) is 59.1 Å². The molecule has 51 heavy (non-hydrogen) atoms. The fraction of sp³-hybridized carbons (Fsp3) is 0.200. The molecule has 7 aromatic rings. The third-order valence-corrected chi connectivity index (χ3v) is 14.5. The lowest BCUT2D eigenvalue weighted by Gasteiger charge is -2.49. The summed E-state index contributed by atoms with van der Waals surface area (Å²) in [6.45, 7) is 0. The molecule has 7 aliphatic rings. The molecule has 1 heteroatoms. The van der Waals surface area contributed by atoms with Gasteiger partial charge in [0.15, 0.2) is 0 Å². The fourth-order valence-corrected chi connectivity index (χ4v) is 13.1. The van der Waals surface area contributed by atoms with E-state index in [4.69, 9.17) is 4.74 Å². The maximum absolute atomic E-state index is 6.85. The van der Waals surface area contributed by atoms with Crippen LogP contribution in [-0.2, 0) is 10.8 Å². The van der Waals surface area contributed by atoms with Crippen molar-refractivity contribution in [3.05, 3.63) is 179 Å². The molecule has 0 N–H and O–H groups in total. The fourth-order valence-electron chi connectivity index (χ4n) is 13.1. The summed E-state index contributed by atoms with van der Waals surface area (Å²) < 4.78 is 6.85. The Kier molecular flexibility index (Phi) is 4.97. The van der Waals surface area contributed by atoms with Gasteiger partial charge in [-0.2, -0.15) is 0 Å². The molecule has 4 fully saturated rings. The predicted molar refractivity (Wildman–Crippen MR) is 205 cm³/mol. The van der Waals surface area contributed by atoms with E-state index in [1.54, 1.807) is 0 Å². The molecule has 5 unspecified atom stereocenters. The molecule has 242 valence electrons. The van der Waals surface area contributed by atoms with Gasteiger partial charge in [-0.15, -0.1) is 0 Å². The molecule has 5 atom stereocenters. The summed E-state index contributed by atoms with van der Waals surface area (Å²) >= 11 is 0. The van der Waals surface area contributed by atoms with Gasteiger partial charge < -0.3 is 4.74 Å². The topological polar surface area (TPSA) is 9.23 Å². The molecule has 4 bridgehead atoms. The lowest BCUT2D eigenvalue weighted by atomic mass is 9.56. The number of rotatable bonds is 1. The third kappa shape index (κ3) is 3.06. The molecule has 0 radical (unpaired) electrons. The van der Waals surface area contributed by atoms with Gasteiger partial charge in [0.25, 0.3) is 0 Å². The first-order valence-electron chi connectivity index (χ1n) is 19.0. The number of hydrogen-bond acceptors (Lipinski definition) is 1. The van der Waals surface area contributed by atoms with Crippen LogP contribution in [0.4, 0.5) is 0 Å². The van der Waals surface area contributed by atoms with Crippen LogP contribution in [0, 0.1) is 23.7 Å². The summed E-state index contributed by atoms with van der Waals surface area (Å²) in [4.78, 5) is 0. The summed E-state index contributed by atoms with van der Waals surface area (Å²) in [6.07, 6.45) is 5.49. The minimum absolute atomic E-state index is 0.0270. The van der Waals surface area contributed by atoms with Crippen molar-refractivity contribution in [1.82, 2.24) is 0 Å². The number of fused-ring (bicyclic) bond motifs is 14. The SMILES string of the molecule is c1ccc2c(c1)Oc1ccc(-c3cccc4c3C3(c5ccccc5-c5ccccc53)c3ccc5ccccc5c3-4)cc1C21C2CC3CC(C2)C1C3. The van der Waals surface area contributed by atoms with Gasteiger partial charge in [-0.3, -0.25) is 0 Å². The standard InChI is InChI=1S/C50H36O/c1-2-11-34-30(10-1)20-22-42-47(34)38-15-9-14-35(48(38)50(42)39-16-5-3-12-36(39)37-13-4-6-17-40(37)50)31-21-23-46-44(28-31)49(41-18-7-8-19-45(41)51-46)33-25-29-24-32(27-33)43(49)26-29/h1-23,28-29,32-33,43H,24-27H2. The summed E-state index contributed by atoms with van der Waals surface area (Å²) in [7, 11) is 0. The highest BCUT2D eigenvalue weighted by atomic mass is 16.5. The molecule has 6 aliphatic carbocycles. The maximum atomic E-state index is 6.85. The van der Waals surface area contributed by atoms with Gasteiger partial charge in [0.1, 0.15) is 11.5 Å². The van der Waals surface area contributed by atoms with E-state index in [2.05, 4.69) is 146 Å². The minimum Gasteiger partial charge on any atom is -0.457 e. The van der Waals surface area contributed by atoms with Crippen LogP contribution in [0.5, 0.6) is 11.5 Å². The smallest absolute Gasteiger partial charge is 0.131 e. The van der Waals surface area contributed by atoms with E-state index in [0.717, 1.165) is 23.3 Å². The molecule has 2 spiro atoms. The first kappa shape index (κ1) is 27.3. The van der Waals surface area contributed by atoms with E-state index in [-0.39, 0.29) is 5.41 Å². The van der Waals surface area contributed by atoms with Gasteiger partial charge in [0.05, 0.1) is 5.41 Å². The molecular formula is C50H36O. The Bertz CT molecular complexity index is 2630. The van der Waals surface area contributed by atoms with E-state index >= 15 is 0 Å². The molecule has 0 aromatic heterocycles. The van der Waals surface area contributed by atoms with Crippen molar-refractivity contribution >= 4 is 10.8 Å². The Balaban J connectivity index is 1.13. The van der Waals surface area contributed by atoms with Gasteiger partial charge in [0.2, 0.25) is 0 Å². The van der Waals surface area contributed by atoms with E-state index in [1.807, 2.05) is 0 Å². The monoisotopic (exact) mass is 652 g/mol. The van der Waals surface area contributed by atoms with E-state index in [9.17, 15) is 0 Å². The van der Waals surface area contributed by atoms with Gasteiger partial charge in [-0.25, -0.2) is 0 Å². The van der Waals surface area contributed by atoms with Crippen molar-refractivity contribution in [3.8, 4) is 44.9 Å². The average Bonchev–Trinajstić information content (AvgIpc) is 3.84. The van der Waals surface area contributed by atoms with E-state index in [0.29, 0.717) is 11.8 Å². The number of para-hydroxylation sites is 1. The van der Waals surface area contributed by atoms with E-state index < -0.39 is 5.41 Å². The second kappa shape index (κ2) is 9.28. The second-order valence-electron chi connectivity index (χ2n) is 16.3. The van der Waals surface area contributed by atoms with Crippen molar-refractivity contribution in [1.29, 1.82) is 0 Å². The summed E-state index contributed by atoms with van der Waals surface area (Å²) in [5, 5.41) is 2.63. The lowest BCUT2D eigenvalue weighted by molar-refractivity contribution is 0.173. The molecule has 14 rings (SSSR count). The van der Waals surface area contributed by atoms with Gasteiger partial charge in [0, 0.05) is 16.5 Å². The molecule has 1 heterocycles. The molecule has 1 nitrogen and oxygen atoms in total. The van der Waals surface area contributed by atoms with Gasteiger partial charge in [-0.1, -0.05) is 127 Å². The lowest BCUT2D eigenvalue weighted by Crippen LogP contribution is -2.43. The highest BCUT2D eigenvalue weighted by Gasteiger charge is 2.66. The van der Waals surface area contributed by atoms with Crippen LogP contribution >= 0.6 is 0 Å². The van der Waals surface area contributed by atoms with Crippen LogP contribution in [0.15, 0.2) is 146 Å². The normalized spacial score (nSPS) is 25.7. The summed E-state index contributed by atoms with van der Waals surface area (Å²) in [5.74, 6) is 5.25. The van der Waals surface area contributed by atoms with Crippen molar-refractivity contribution in [2.24, 2.45) is 23.7 Å². The van der Waals surface area contributed by atoms with Crippen molar-refractivity contribution in [3.63, 3.8) is 0 Å². The molecule has 4 saturated carbocycles. The molecule has 7 aromatic carbocycles. The second-order valence-corrected chi connectivity index (χ2v) is 16.3. The maximum Gasteiger partial charge on any atom is 0.131 e. The molecule has 1 aliphatic heterocycles. The number of hydrogen-bond donors (Lipinski definition) is 0. The average molecular weight is 653 g/mol. The van der Waals surface area contributed by atoms with Crippen LogP contribution in [0.2, 0.25) is 0 Å². The van der Waals surface area contributed by atoms with Gasteiger partial charge >= 0.3 is 0 Å². The Morgan fingerprint density at radius 2 is 1.20 bits per heavy atom. The Hall–Kier alpha value is -5.40. The van der Waals surface area contributed by atoms with Crippen molar-refractivity contribution < 1.29 is 4.74 Å². The van der Waals surface area contributed by atoms with Crippen LogP contribution in [0.3, 0.4) is 0 Å². The zero-order valence-electron chi connectivity index (χ0n) is 28.4. The van der Waals surface area contributed by atoms with Crippen LogP contribution in [-0.4, -0.2) is 0 Å². The zero-order valence-corrected chi connectivity index (χ0v) is 28.4. The van der Waals surface area contributed by atoms with Crippen LogP contribution in [0.25, 0.3) is 44.2 Å². The van der Waals surface area contributed by atoms with Crippen molar-refractivity contribution in [2.45, 2.75) is 36.5 Å². The Labute approximate surface area is 298 Å². The Morgan fingerprint density at radius 3 is 2.04 bits per heavy atom. The highest BCUT2D eigenvalue weighted by molar-refractivity contribution is 6.08. The molecule has 0 amide bonds. The van der Waals surface area contributed by atoms with Gasteiger partial charge in [-0.05, 0) is 134 Å². The predicted octanol–water partition coefficient (Wildman–Crippen LogP) is 12.3. The molecular weight excluding hydrogens is 617 g/mol. The molecule has 0 saturated heterocycles. The number of benzene rings is 7. The number of ether oxygens (including phenoxy) is 1. The Morgan fingerprint density at radius 1 is 0.490 bits per heavy atom. The van der Waals surface area contributed by atoms with E-state index in [1.165, 1.54) is 103 Å². The highest BCUT2D eigenvalue weighted by Crippen LogP contribution is 2.73. The first-order valence-corrected chi connectivity index (χ1v) is 19.0. The largest absolute Gasteiger partial charge is 0.457 e.